The first kappa shape index (κ1) is 14.9. The van der Waals surface area contributed by atoms with E-state index in [2.05, 4.69) is 37.9 Å². The lowest BCUT2D eigenvalue weighted by atomic mass is 10.0. The highest BCUT2D eigenvalue weighted by molar-refractivity contribution is 4.78. The largest absolute Gasteiger partial charge is 0.377 e. The molecule has 0 aromatic heterocycles. The summed E-state index contributed by atoms with van der Waals surface area (Å²) in [6.07, 6.45) is 2.91. The average molecular weight is 242 g/mol. The molecule has 3 nitrogen and oxygen atoms in total. The number of nitrogens with one attached hydrogen (secondary N) is 1. The summed E-state index contributed by atoms with van der Waals surface area (Å²) in [4.78, 5) is 2.59. The molecule has 0 bridgehead atoms. The summed E-state index contributed by atoms with van der Waals surface area (Å²) in [6, 6.07) is 0.696. The summed E-state index contributed by atoms with van der Waals surface area (Å²) in [5.41, 5.74) is 0. The summed E-state index contributed by atoms with van der Waals surface area (Å²) in [7, 11) is 0. The Morgan fingerprint density at radius 2 is 1.88 bits per heavy atom. The predicted octanol–water partition coefficient (Wildman–Crippen LogP) is 2.12. The van der Waals surface area contributed by atoms with Crippen molar-refractivity contribution in [3.63, 3.8) is 0 Å². The van der Waals surface area contributed by atoms with Gasteiger partial charge in [0.25, 0.3) is 0 Å². The summed E-state index contributed by atoms with van der Waals surface area (Å²) >= 11 is 0. The molecule has 1 saturated heterocycles. The Bertz CT molecular complexity index is 189. The standard InChI is InChI=1S/C14H30N2O/c1-5-17-13(4)10-15-14-6-8-16(9-7-14)11-12(2)3/h12-15H,5-11H2,1-4H3. The molecule has 1 unspecified atom stereocenters. The molecule has 1 fully saturated rings. The van der Waals surface area contributed by atoms with Gasteiger partial charge in [-0.25, -0.2) is 0 Å². The summed E-state index contributed by atoms with van der Waals surface area (Å²) in [5.74, 6) is 0.789. The molecular formula is C14H30N2O. The first-order chi connectivity index (χ1) is 8.11. The molecule has 1 aliphatic heterocycles. The van der Waals surface area contributed by atoms with Gasteiger partial charge in [0, 0.05) is 25.7 Å². The van der Waals surface area contributed by atoms with Crippen LogP contribution in [0.1, 0.15) is 40.5 Å². The molecule has 0 saturated carbocycles. The molecule has 17 heavy (non-hydrogen) atoms. The van der Waals surface area contributed by atoms with Gasteiger partial charge in [0.15, 0.2) is 0 Å². The van der Waals surface area contributed by atoms with Gasteiger partial charge in [0.1, 0.15) is 0 Å². The smallest absolute Gasteiger partial charge is 0.0671 e. The Balaban J connectivity index is 2.10. The van der Waals surface area contributed by atoms with E-state index >= 15 is 0 Å². The number of nitrogens with zero attached hydrogens (tertiary/aromatic N) is 1. The SMILES string of the molecule is CCOC(C)CNC1CCN(CC(C)C)CC1. The van der Waals surface area contributed by atoms with Gasteiger partial charge in [-0.3, -0.25) is 0 Å². The van der Waals surface area contributed by atoms with Crippen molar-refractivity contribution in [2.75, 3.05) is 32.8 Å². The van der Waals surface area contributed by atoms with Crippen molar-refractivity contribution in [1.29, 1.82) is 0 Å². The van der Waals surface area contributed by atoms with Crippen LogP contribution >= 0.6 is 0 Å². The minimum atomic E-state index is 0.341. The number of hydrogen-bond donors (Lipinski definition) is 1. The molecule has 1 rings (SSSR count). The zero-order valence-electron chi connectivity index (χ0n) is 12.0. The van der Waals surface area contributed by atoms with E-state index in [1.807, 2.05) is 0 Å². The zero-order valence-corrected chi connectivity index (χ0v) is 12.0. The quantitative estimate of drug-likeness (QED) is 0.740. The van der Waals surface area contributed by atoms with Crippen LogP contribution in [0.3, 0.4) is 0 Å². The van der Waals surface area contributed by atoms with Crippen molar-refractivity contribution in [2.24, 2.45) is 5.92 Å². The monoisotopic (exact) mass is 242 g/mol. The van der Waals surface area contributed by atoms with Crippen LogP contribution in [0.4, 0.5) is 0 Å². The lowest BCUT2D eigenvalue weighted by Gasteiger charge is -2.33. The molecule has 102 valence electrons. The van der Waals surface area contributed by atoms with Gasteiger partial charge >= 0.3 is 0 Å². The third kappa shape index (κ3) is 6.39. The highest BCUT2D eigenvalue weighted by Gasteiger charge is 2.19. The average Bonchev–Trinajstić information content (AvgIpc) is 2.28. The van der Waals surface area contributed by atoms with E-state index in [0.29, 0.717) is 12.1 Å². The molecule has 0 aliphatic carbocycles. The number of piperidine rings is 1. The van der Waals surface area contributed by atoms with E-state index in [9.17, 15) is 0 Å². The van der Waals surface area contributed by atoms with Crippen LogP contribution in [0, 0.1) is 5.92 Å². The molecule has 0 amide bonds. The summed E-state index contributed by atoms with van der Waals surface area (Å²) in [5, 5.41) is 3.63. The molecular weight excluding hydrogens is 212 g/mol. The maximum atomic E-state index is 5.53. The second-order valence-corrected chi connectivity index (χ2v) is 5.64. The van der Waals surface area contributed by atoms with Crippen LogP contribution < -0.4 is 5.32 Å². The second-order valence-electron chi connectivity index (χ2n) is 5.64. The lowest BCUT2D eigenvalue weighted by molar-refractivity contribution is 0.0706. The lowest BCUT2D eigenvalue weighted by Crippen LogP contribution is -2.45. The fourth-order valence-electron chi connectivity index (χ4n) is 2.51. The van der Waals surface area contributed by atoms with Gasteiger partial charge in [-0.1, -0.05) is 13.8 Å². The van der Waals surface area contributed by atoms with Gasteiger partial charge in [-0.15, -0.1) is 0 Å². The number of likely N-dealkylation sites (tertiary alicyclic amines) is 1. The van der Waals surface area contributed by atoms with E-state index in [0.717, 1.165) is 19.1 Å². The first-order valence-electron chi connectivity index (χ1n) is 7.19. The Labute approximate surface area is 107 Å². The van der Waals surface area contributed by atoms with Gasteiger partial charge in [-0.2, -0.15) is 0 Å². The zero-order chi connectivity index (χ0) is 12.7. The molecule has 0 aromatic rings. The van der Waals surface area contributed by atoms with Gasteiger partial charge in [0.2, 0.25) is 0 Å². The van der Waals surface area contributed by atoms with Crippen molar-refractivity contribution in [1.82, 2.24) is 10.2 Å². The van der Waals surface area contributed by atoms with E-state index in [1.54, 1.807) is 0 Å². The Morgan fingerprint density at radius 1 is 1.24 bits per heavy atom. The minimum absolute atomic E-state index is 0.341. The van der Waals surface area contributed by atoms with Crippen molar-refractivity contribution >= 4 is 0 Å². The van der Waals surface area contributed by atoms with Crippen molar-refractivity contribution in [3.05, 3.63) is 0 Å². The van der Waals surface area contributed by atoms with Crippen molar-refractivity contribution < 1.29 is 4.74 Å². The normalized spacial score (nSPS) is 21.0. The maximum Gasteiger partial charge on any atom is 0.0671 e. The number of hydrogen-bond acceptors (Lipinski definition) is 3. The van der Waals surface area contributed by atoms with Crippen molar-refractivity contribution in [3.8, 4) is 0 Å². The molecule has 0 aromatic carbocycles. The fraction of sp³-hybridized carbons (Fsp3) is 1.00. The van der Waals surface area contributed by atoms with Crippen LogP contribution in [0.2, 0.25) is 0 Å². The van der Waals surface area contributed by atoms with Gasteiger partial charge in [0.05, 0.1) is 6.10 Å². The van der Waals surface area contributed by atoms with Crippen LogP contribution in [0.25, 0.3) is 0 Å². The third-order valence-corrected chi connectivity index (χ3v) is 3.36. The molecule has 3 heteroatoms. The van der Waals surface area contributed by atoms with Crippen LogP contribution in [-0.4, -0.2) is 49.8 Å². The van der Waals surface area contributed by atoms with E-state index in [-0.39, 0.29) is 0 Å². The molecule has 0 spiro atoms. The Hall–Kier alpha value is -0.120. The number of rotatable bonds is 7. The summed E-state index contributed by atoms with van der Waals surface area (Å²) < 4.78 is 5.53. The Morgan fingerprint density at radius 3 is 2.41 bits per heavy atom. The fourth-order valence-corrected chi connectivity index (χ4v) is 2.51. The van der Waals surface area contributed by atoms with E-state index in [1.165, 1.54) is 32.5 Å². The molecule has 1 heterocycles. The van der Waals surface area contributed by atoms with E-state index in [4.69, 9.17) is 4.74 Å². The number of ether oxygens (including phenoxy) is 1. The topological polar surface area (TPSA) is 24.5 Å². The highest BCUT2D eigenvalue weighted by atomic mass is 16.5. The molecule has 1 atom stereocenters. The third-order valence-electron chi connectivity index (χ3n) is 3.36. The van der Waals surface area contributed by atoms with Crippen LogP contribution in [-0.2, 0) is 4.74 Å². The van der Waals surface area contributed by atoms with Gasteiger partial charge < -0.3 is 15.0 Å². The predicted molar refractivity (Wildman–Crippen MR) is 73.4 cm³/mol. The van der Waals surface area contributed by atoms with E-state index < -0.39 is 0 Å². The van der Waals surface area contributed by atoms with Crippen LogP contribution in [0.5, 0.6) is 0 Å². The van der Waals surface area contributed by atoms with Gasteiger partial charge in [-0.05, 0) is 45.7 Å². The second kappa shape index (κ2) is 8.06. The van der Waals surface area contributed by atoms with Crippen molar-refractivity contribution in [2.45, 2.75) is 52.7 Å². The minimum Gasteiger partial charge on any atom is -0.377 e. The molecule has 1 aliphatic rings. The maximum absolute atomic E-state index is 5.53. The van der Waals surface area contributed by atoms with Crippen LogP contribution in [0.15, 0.2) is 0 Å². The summed E-state index contributed by atoms with van der Waals surface area (Å²) in [6.45, 7) is 14.4. The Kier molecular flexibility index (Phi) is 7.09. The first-order valence-corrected chi connectivity index (χ1v) is 7.19. The highest BCUT2D eigenvalue weighted by Crippen LogP contribution is 2.12. The molecule has 1 N–H and O–H groups in total. The molecule has 0 radical (unpaired) electrons.